The van der Waals surface area contributed by atoms with E-state index in [0.717, 1.165) is 125 Å². The monoisotopic (exact) mass is 1140 g/mol. The summed E-state index contributed by atoms with van der Waals surface area (Å²) in [5.41, 5.74) is 17.5. The van der Waals surface area contributed by atoms with Gasteiger partial charge in [0.15, 0.2) is 0 Å². The summed E-state index contributed by atoms with van der Waals surface area (Å²) in [6.07, 6.45) is 0. The smallest absolute Gasteiger partial charge is 0.136 e. The van der Waals surface area contributed by atoms with Crippen molar-refractivity contribution < 1.29 is 4.42 Å². The SMILES string of the molecule is N#Cc1c(-c2ccccc2)c(C#N)c(-n2c3c(ccc4c5cccc(-c6ccccc6)c5sc43)c3ccc4c5cccc(-c6ccccc6)c5sc4c32)c(-c2ccccc2)c1-n1c2ccccc2c2cc(-c3cccc4oc5ccccc5c34)ccc21. The van der Waals surface area contributed by atoms with Gasteiger partial charge in [-0.05, 0) is 74.8 Å². The second-order valence-electron chi connectivity index (χ2n) is 22.3. The number of fused-ring (bicyclic) bond motifs is 17. The largest absolute Gasteiger partial charge is 0.456 e. The van der Waals surface area contributed by atoms with Gasteiger partial charge in [0.1, 0.15) is 23.3 Å². The molecule has 0 saturated carbocycles. The lowest BCUT2D eigenvalue weighted by Gasteiger charge is -2.25. The summed E-state index contributed by atoms with van der Waals surface area (Å²) >= 11 is 3.63. The molecule has 0 fully saturated rings. The summed E-state index contributed by atoms with van der Waals surface area (Å²) in [5.74, 6) is 0. The Labute approximate surface area is 506 Å². The highest BCUT2D eigenvalue weighted by molar-refractivity contribution is 7.28. The van der Waals surface area contributed by atoms with E-state index in [-0.39, 0.29) is 0 Å². The van der Waals surface area contributed by atoms with Crippen molar-refractivity contribution in [2.45, 2.75) is 0 Å². The fraction of sp³-hybridized carbons (Fsp3) is 0. The standard InChI is InChI=1S/C80H44N4OS2/c81-45-64-70(49-24-9-3-10-25-49)65(46-82)74(71(50-26-11-4-12-27-50)73(64)83-66-35-15-13-28-55(66)63-44-51(38-43-67(63)83)52-30-19-37-69-72(52)62-29-14-16-36-68(62)85-69)84-75-56(39-41-60-58-33-17-31-53(77(58)86-79(60)75)47-20-5-1-6-21-47)57-40-42-61-59-34-18-32-54(48-22-7-2-8-23-48)78(59)87-80(61)76(57)84/h1-44H. The fourth-order valence-electron chi connectivity index (χ4n) is 14.2. The van der Waals surface area contributed by atoms with Crippen molar-refractivity contribution in [2.24, 2.45) is 0 Å². The lowest BCUT2D eigenvalue weighted by molar-refractivity contribution is 0.669. The van der Waals surface area contributed by atoms with Gasteiger partial charge in [0.2, 0.25) is 0 Å². The molecule has 13 aromatic carbocycles. The minimum Gasteiger partial charge on any atom is -0.456 e. The Morgan fingerprint density at radius 2 is 0.736 bits per heavy atom. The van der Waals surface area contributed by atoms with Crippen LogP contribution in [0.5, 0.6) is 0 Å². The first-order chi connectivity index (χ1) is 43.1. The van der Waals surface area contributed by atoms with Crippen LogP contribution in [0.4, 0.5) is 0 Å². The zero-order valence-corrected chi connectivity index (χ0v) is 48.1. The summed E-state index contributed by atoms with van der Waals surface area (Å²) < 4.78 is 15.8. The van der Waals surface area contributed by atoms with Crippen LogP contribution in [0, 0.1) is 22.7 Å². The second kappa shape index (κ2) is 19.1. The van der Waals surface area contributed by atoms with Gasteiger partial charge < -0.3 is 13.6 Å². The molecule has 0 bridgehead atoms. The number of furan rings is 1. The highest BCUT2D eigenvalue weighted by Crippen LogP contribution is 2.54. The van der Waals surface area contributed by atoms with E-state index in [1.54, 1.807) is 0 Å². The van der Waals surface area contributed by atoms with Crippen molar-refractivity contribution in [3.05, 3.63) is 278 Å². The Morgan fingerprint density at radius 3 is 1.32 bits per heavy atom. The van der Waals surface area contributed by atoms with E-state index in [9.17, 15) is 10.5 Å². The summed E-state index contributed by atoms with van der Waals surface area (Å²) in [4.78, 5) is 0. The second-order valence-corrected chi connectivity index (χ2v) is 24.4. The predicted octanol–water partition coefficient (Wildman–Crippen LogP) is 22.6. The van der Waals surface area contributed by atoms with Crippen molar-refractivity contribution in [3.8, 4) is 79.1 Å². The molecule has 0 saturated heterocycles. The minimum atomic E-state index is 0.404. The topological polar surface area (TPSA) is 70.6 Å². The van der Waals surface area contributed by atoms with E-state index in [1.165, 1.54) is 31.3 Å². The first-order valence-electron chi connectivity index (χ1n) is 29.1. The highest BCUT2D eigenvalue weighted by Gasteiger charge is 2.33. The van der Waals surface area contributed by atoms with Crippen molar-refractivity contribution in [1.29, 1.82) is 10.5 Å². The minimum absolute atomic E-state index is 0.404. The maximum atomic E-state index is 12.5. The number of para-hydroxylation sites is 2. The van der Waals surface area contributed by atoms with E-state index in [4.69, 9.17) is 4.42 Å². The average Bonchev–Trinajstić information content (AvgIpc) is 1.73. The molecule has 0 aliphatic rings. The molecule has 0 radical (unpaired) electrons. The zero-order chi connectivity index (χ0) is 57.4. The van der Waals surface area contributed by atoms with Gasteiger partial charge in [0.25, 0.3) is 0 Å². The van der Waals surface area contributed by atoms with Crippen LogP contribution in [0.1, 0.15) is 11.1 Å². The Balaban J connectivity index is 1.06. The molecule has 5 aromatic heterocycles. The Kier molecular flexibility index (Phi) is 10.8. The lowest BCUT2D eigenvalue weighted by atomic mass is 9.86. The molecule has 7 heteroatoms. The van der Waals surface area contributed by atoms with Crippen molar-refractivity contribution in [2.75, 3.05) is 0 Å². The van der Waals surface area contributed by atoms with E-state index < -0.39 is 0 Å². The normalized spacial score (nSPS) is 11.9. The maximum Gasteiger partial charge on any atom is 0.136 e. The van der Waals surface area contributed by atoms with Crippen LogP contribution >= 0.6 is 22.7 Å². The molecule has 0 spiro atoms. The Morgan fingerprint density at radius 1 is 0.299 bits per heavy atom. The van der Waals surface area contributed by atoms with Crippen molar-refractivity contribution >= 4 is 129 Å². The molecule has 5 nitrogen and oxygen atoms in total. The summed E-state index contributed by atoms with van der Waals surface area (Å²) in [6, 6.07) is 100. The number of aromatic nitrogens is 2. The van der Waals surface area contributed by atoms with Crippen molar-refractivity contribution in [3.63, 3.8) is 0 Å². The van der Waals surface area contributed by atoms with E-state index in [1.807, 2.05) is 77.3 Å². The summed E-state index contributed by atoms with van der Waals surface area (Å²) in [7, 11) is 0. The molecule has 0 amide bonds. The number of hydrogen-bond donors (Lipinski definition) is 0. The summed E-state index contributed by atoms with van der Waals surface area (Å²) in [6.45, 7) is 0. The molecule has 0 aliphatic heterocycles. The maximum absolute atomic E-state index is 12.5. The molecule has 0 atom stereocenters. The van der Waals surface area contributed by atoms with Gasteiger partial charge in [0, 0.05) is 74.4 Å². The van der Waals surface area contributed by atoms with Gasteiger partial charge in [-0.25, -0.2) is 0 Å². The average molecular weight is 1140 g/mol. The molecule has 0 aliphatic carbocycles. The van der Waals surface area contributed by atoms with Gasteiger partial charge in [-0.3, -0.25) is 0 Å². The Hall–Kier alpha value is -11.3. The number of nitriles is 2. The molecule has 0 unspecified atom stereocenters. The first-order valence-corrected chi connectivity index (χ1v) is 30.7. The van der Waals surface area contributed by atoms with Gasteiger partial charge in [-0.2, -0.15) is 10.5 Å². The molecular weight excluding hydrogens is 1100 g/mol. The van der Waals surface area contributed by atoms with Crippen LogP contribution in [0.15, 0.2) is 271 Å². The van der Waals surface area contributed by atoms with E-state index >= 15 is 0 Å². The number of hydrogen-bond acceptors (Lipinski definition) is 5. The molecule has 18 rings (SSSR count). The number of nitrogens with zero attached hydrogens (tertiary/aromatic N) is 4. The number of benzene rings is 13. The van der Waals surface area contributed by atoms with E-state index in [2.05, 4.69) is 234 Å². The van der Waals surface area contributed by atoms with Crippen LogP contribution in [0.2, 0.25) is 0 Å². The highest BCUT2D eigenvalue weighted by atomic mass is 32.1. The van der Waals surface area contributed by atoms with Crippen LogP contribution < -0.4 is 0 Å². The van der Waals surface area contributed by atoms with Gasteiger partial charge in [0.05, 0.1) is 54.0 Å². The van der Waals surface area contributed by atoms with Crippen LogP contribution in [-0.4, -0.2) is 9.13 Å². The zero-order valence-electron chi connectivity index (χ0n) is 46.4. The first kappa shape index (κ1) is 49.1. The third kappa shape index (κ3) is 7.10. The number of thiophene rings is 2. The van der Waals surface area contributed by atoms with Gasteiger partial charge in [-0.15, -0.1) is 22.7 Å². The third-order valence-corrected chi connectivity index (χ3v) is 20.3. The van der Waals surface area contributed by atoms with Crippen LogP contribution in [-0.2, 0) is 0 Å². The molecule has 5 heterocycles. The Bertz CT molecular complexity index is 5840. The quantitative estimate of drug-likeness (QED) is 0.160. The number of rotatable bonds is 7. The molecule has 18 aromatic rings. The predicted molar refractivity (Wildman–Crippen MR) is 365 cm³/mol. The molecule has 87 heavy (non-hydrogen) atoms. The third-order valence-electron chi connectivity index (χ3n) is 17.8. The molecular formula is C80H44N4OS2. The van der Waals surface area contributed by atoms with Gasteiger partial charge >= 0.3 is 0 Å². The molecule has 0 N–H and O–H groups in total. The van der Waals surface area contributed by atoms with Crippen LogP contribution in [0.3, 0.4) is 0 Å². The van der Waals surface area contributed by atoms with Crippen molar-refractivity contribution in [1.82, 2.24) is 9.13 Å². The van der Waals surface area contributed by atoms with Gasteiger partial charge in [-0.1, -0.05) is 237 Å². The summed E-state index contributed by atoms with van der Waals surface area (Å²) in [5, 5.41) is 35.8. The lowest BCUT2D eigenvalue weighted by Crippen LogP contribution is -2.11. The van der Waals surface area contributed by atoms with E-state index in [0.29, 0.717) is 28.1 Å². The van der Waals surface area contributed by atoms with Crippen LogP contribution in [0.25, 0.3) is 173 Å². The fourth-order valence-corrected chi connectivity index (χ4v) is 16.9. The molecule has 402 valence electrons.